The Labute approximate surface area is 74.9 Å². The SMILES string of the molecule is CC1=CC(C)(C)CC(C)(C)C1=O. The predicted octanol–water partition coefficient (Wildman–Crippen LogP) is 2.96. The van der Waals surface area contributed by atoms with E-state index in [0.717, 1.165) is 12.0 Å². The summed E-state index contributed by atoms with van der Waals surface area (Å²) in [7, 11) is 0. The fourth-order valence-electron chi connectivity index (χ4n) is 2.46. The van der Waals surface area contributed by atoms with Gasteiger partial charge in [0.2, 0.25) is 0 Å². The maximum Gasteiger partial charge on any atom is 0.163 e. The van der Waals surface area contributed by atoms with Crippen LogP contribution in [-0.4, -0.2) is 5.78 Å². The number of rotatable bonds is 0. The lowest BCUT2D eigenvalue weighted by atomic mass is 9.66. The van der Waals surface area contributed by atoms with Crippen LogP contribution in [0.4, 0.5) is 0 Å². The highest BCUT2D eigenvalue weighted by molar-refractivity contribution is 5.99. The highest BCUT2D eigenvalue weighted by Gasteiger charge is 2.38. The van der Waals surface area contributed by atoms with Crippen molar-refractivity contribution in [1.82, 2.24) is 0 Å². The summed E-state index contributed by atoms with van der Waals surface area (Å²) in [5, 5.41) is 0. The number of carbonyl (C=O) groups excluding carboxylic acids is 1. The normalized spacial score (nSPS) is 26.8. The molecule has 0 radical (unpaired) electrons. The topological polar surface area (TPSA) is 17.1 Å². The summed E-state index contributed by atoms with van der Waals surface area (Å²) in [4.78, 5) is 11.7. The lowest BCUT2D eigenvalue weighted by Gasteiger charge is -2.37. The Morgan fingerprint density at radius 1 is 1.25 bits per heavy atom. The molecule has 0 aromatic heterocycles. The van der Waals surface area contributed by atoms with Gasteiger partial charge >= 0.3 is 0 Å². The largest absolute Gasteiger partial charge is 0.294 e. The van der Waals surface area contributed by atoms with E-state index in [1.165, 1.54) is 0 Å². The molecule has 0 unspecified atom stereocenters. The van der Waals surface area contributed by atoms with Gasteiger partial charge in [-0.3, -0.25) is 4.79 Å². The van der Waals surface area contributed by atoms with E-state index < -0.39 is 0 Å². The smallest absolute Gasteiger partial charge is 0.163 e. The van der Waals surface area contributed by atoms with Crippen LogP contribution >= 0.6 is 0 Å². The summed E-state index contributed by atoms with van der Waals surface area (Å²) < 4.78 is 0. The molecular formula is C11H18O. The van der Waals surface area contributed by atoms with E-state index >= 15 is 0 Å². The average Bonchev–Trinajstić information content (AvgIpc) is 1.79. The van der Waals surface area contributed by atoms with Crippen LogP contribution in [0.1, 0.15) is 41.0 Å². The molecule has 12 heavy (non-hydrogen) atoms. The molecule has 0 spiro atoms. The summed E-state index contributed by atoms with van der Waals surface area (Å²) in [6.45, 7) is 10.4. The van der Waals surface area contributed by atoms with Crippen LogP contribution in [0, 0.1) is 10.8 Å². The minimum absolute atomic E-state index is 0.164. The van der Waals surface area contributed by atoms with E-state index in [-0.39, 0.29) is 10.8 Å². The van der Waals surface area contributed by atoms with Crippen molar-refractivity contribution < 1.29 is 4.79 Å². The van der Waals surface area contributed by atoms with E-state index in [2.05, 4.69) is 19.9 Å². The van der Waals surface area contributed by atoms with Gasteiger partial charge in [-0.05, 0) is 24.3 Å². The van der Waals surface area contributed by atoms with Crippen LogP contribution < -0.4 is 0 Å². The molecule has 0 aromatic rings. The van der Waals surface area contributed by atoms with Crippen LogP contribution in [0.3, 0.4) is 0 Å². The van der Waals surface area contributed by atoms with Gasteiger partial charge in [-0.2, -0.15) is 0 Å². The molecule has 0 saturated heterocycles. The van der Waals surface area contributed by atoms with E-state index in [9.17, 15) is 4.79 Å². The number of ketones is 1. The number of hydrogen-bond donors (Lipinski definition) is 0. The molecule has 1 nitrogen and oxygen atoms in total. The Kier molecular flexibility index (Phi) is 1.94. The highest BCUT2D eigenvalue weighted by atomic mass is 16.1. The van der Waals surface area contributed by atoms with Crippen LogP contribution in [0.25, 0.3) is 0 Å². The summed E-state index contributed by atoms with van der Waals surface area (Å²) in [6.07, 6.45) is 3.05. The summed E-state index contributed by atoms with van der Waals surface area (Å²) in [5.41, 5.74) is 0.945. The summed E-state index contributed by atoms with van der Waals surface area (Å²) in [5.74, 6) is 0.307. The number of Topliss-reactive ketones (excluding diaryl/α,β-unsaturated/α-hetero) is 1. The Morgan fingerprint density at radius 3 is 2.17 bits per heavy atom. The number of carbonyl (C=O) groups is 1. The lowest BCUT2D eigenvalue weighted by molar-refractivity contribution is -0.125. The quantitative estimate of drug-likeness (QED) is 0.540. The Bertz CT molecular complexity index is 244. The minimum Gasteiger partial charge on any atom is -0.294 e. The molecule has 0 heterocycles. The van der Waals surface area contributed by atoms with Crippen molar-refractivity contribution in [2.24, 2.45) is 10.8 Å². The fourth-order valence-corrected chi connectivity index (χ4v) is 2.46. The van der Waals surface area contributed by atoms with Crippen LogP contribution in [0.15, 0.2) is 11.6 Å². The monoisotopic (exact) mass is 166 g/mol. The van der Waals surface area contributed by atoms with Crippen LogP contribution in [0.5, 0.6) is 0 Å². The van der Waals surface area contributed by atoms with Crippen molar-refractivity contribution >= 4 is 5.78 Å². The van der Waals surface area contributed by atoms with Gasteiger partial charge in [-0.1, -0.05) is 33.8 Å². The highest BCUT2D eigenvalue weighted by Crippen LogP contribution is 2.41. The van der Waals surface area contributed by atoms with Gasteiger partial charge < -0.3 is 0 Å². The zero-order valence-electron chi connectivity index (χ0n) is 8.69. The van der Waals surface area contributed by atoms with Gasteiger partial charge in [0.15, 0.2) is 5.78 Å². The molecule has 0 bridgehead atoms. The van der Waals surface area contributed by atoms with Crippen molar-refractivity contribution in [2.75, 3.05) is 0 Å². The summed E-state index contributed by atoms with van der Waals surface area (Å²) in [6, 6.07) is 0. The third-order valence-electron chi connectivity index (χ3n) is 2.48. The molecule has 0 amide bonds. The van der Waals surface area contributed by atoms with Gasteiger partial charge in [0.05, 0.1) is 0 Å². The Hall–Kier alpha value is -0.590. The lowest BCUT2D eigenvalue weighted by Crippen LogP contribution is -2.35. The van der Waals surface area contributed by atoms with E-state index in [0.29, 0.717) is 5.78 Å². The average molecular weight is 166 g/mol. The zero-order valence-corrected chi connectivity index (χ0v) is 8.69. The third kappa shape index (κ3) is 1.60. The zero-order chi connectivity index (χ0) is 9.57. The maximum atomic E-state index is 11.7. The third-order valence-corrected chi connectivity index (χ3v) is 2.48. The standard InChI is InChI=1S/C11H18O/c1-8-6-10(2,3)7-11(4,5)9(8)12/h6H,7H2,1-5H3. The summed E-state index contributed by atoms with van der Waals surface area (Å²) >= 11 is 0. The molecule has 0 fully saturated rings. The molecule has 1 rings (SSSR count). The first kappa shape index (κ1) is 9.50. The van der Waals surface area contributed by atoms with Crippen LogP contribution in [-0.2, 0) is 4.79 Å². The minimum atomic E-state index is -0.164. The Morgan fingerprint density at radius 2 is 1.75 bits per heavy atom. The molecular weight excluding hydrogens is 148 g/mol. The van der Waals surface area contributed by atoms with Crippen molar-refractivity contribution in [3.05, 3.63) is 11.6 Å². The van der Waals surface area contributed by atoms with Gasteiger partial charge in [-0.15, -0.1) is 0 Å². The second-order valence-corrected chi connectivity index (χ2v) is 5.21. The molecule has 0 atom stereocenters. The molecule has 0 saturated carbocycles. The molecule has 0 aliphatic heterocycles. The molecule has 1 aliphatic carbocycles. The van der Waals surface area contributed by atoms with Gasteiger partial charge in [0, 0.05) is 5.41 Å². The van der Waals surface area contributed by atoms with E-state index in [1.807, 2.05) is 20.8 Å². The molecule has 1 heteroatoms. The molecule has 0 aromatic carbocycles. The van der Waals surface area contributed by atoms with Crippen molar-refractivity contribution in [1.29, 1.82) is 0 Å². The van der Waals surface area contributed by atoms with Gasteiger partial charge in [0.1, 0.15) is 0 Å². The first-order chi connectivity index (χ1) is 5.25. The first-order valence-electron chi connectivity index (χ1n) is 4.49. The van der Waals surface area contributed by atoms with E-state index in [4.69, 9.17) is 0 Å². The first-order valence-corrected chi connectivity index (χ1v) is 4.49. The second kappa shape index (κ2) is 2.45. The predicted molar refractivity (Wildman–Crippen MR) is 50.9 cm³/mol. The molecule has 1 aliphatic rings. The molecule has 0 N–H and O–H groups in total. The van der Waals surface area contributed by atoms with Crippen molar-refractivity contribution in [3.63, 3.8) is 0 Å². The second-order valence-electron chi connectivity index (χ2n) is 5.21. The fraction of sp³-hybridized carbons (Fsp3) is 0.727. The maximum absolute atomic E-state index is 11.7. The van der Waals surface area contributed by atoms with Crippen molar-refractivity contribution in [2.45, 2.75) is 41.0 Å². The number of hydrogen-bond acceptors (Lipinski definition) is 1. The van der Waals surface area contributed by atoms with Crippen molar-refractivity contribution in [3.8, 4) is 0 Å². The van der Waals surface area contributed by atoms with Gasteiger partial charge in [-0.25, -0.2) is 0 Å². The Balaban J connectivity index is 3.09. The van der Waals surface area contributed by atoms with E-state index in [1.54, 1.807) is 0 Å². The number of allylic oxidation sites excluding steroid dienone is 2. The van der Waals surface area contributed by atoms with Crippen LogP contribution in [0.2, 0.25) is 0 Å². The van der Waals surface area contributed by atoms with Gasteiger partial charge in [0.25, 0.3) is 0 Å². The molecule has 68 valence electrons.